The van der Waals surface area contributed by atoms with Crippen LogP contribution in [0.5, 0.6) is 0 Å². The van der Waals surface area contributed by atoms with E-state index in [1.54, 1.807) is 0 Å². The molecule has 0 spiro atoms. The predicted octanol–water partition coefficient (Wildman–Crippen LogP) is 3.87. The number of nitrogens with zero attached hydrogens (tertiary/aromatic N) is 1. The number of hydrogen-bond donors (Lipinski definition) is 0. The maximum atomic E-state index is 3.57. The second-order valence-electron chi connectivity index (χ2n) is 3.68. The Morgan fingerprint density at radius 2 is 1.80 bits per heavy atom. The number of likely N-dealkylation sites (N-methyl/N-ethyl adjacent to an activating group) is 1. The molecule has 1 aromatic carbocycles. The molecular weight excluding hydrogens is 318 g/mol. The van der Waals surface area contributed by atoms with Crippen LogP contribution in [0.15, 0.2) is 30.3 Å². The van der Waals surface area contributed by atoms with Gasteiger partial charge in [0.1, 0.15) is 0 Å². The molecule has 15 heavy (non-hydrogen) atoms. The largest absolute Gasteiger partial charge is 0.306 e. The van der Waals surface area contributed by atoms with Crippen molar-refractivity contribution in [2.45, 2.75) is 6.92 Å². The van der Waals surface area contributed by atoms with Crippen LogP contribution < -0.4 is 0 Å². The van der Waals surface area contributed by atoms with E-state index < -0.39 is 0 Å². The second kappa shape index (κ2) is 7.20. The van der Waals surface area contributed by atoms with E-state index in [2.05, 4.69) is 72.2 Å². The zero-order valence-corrected chi connectivity index (χ0v) is 12.6. The molecule has 0 aliphatic carbocycles. The van der Waals surface area contributed by atoms with Gasteiger partial charge in [0.25, 0.3) is 0 Å². The van der Waals surface area contributed by atoms with Gasteiger partial charge >= 0.3 is 0 Å². The smallest absolute Gasteiger partial charge is 0.0220 e. The van der Waals surface area contributed by atoms with E-state index >= 15 is 0 Å². The van der Waals surface area contributed by atoms with Gasteiger partial charge in [-0.1, -0.05) is 51.8 Å². The Morgan fingerprint density at radius 1 is 1.27 bits per heavy atom. The summed E-state index contributed by atoms with van der Waals surface area (Å²) in [7, 11) is 4.12. The minimum atomic E-state index is 0. The maximum absolute atomic E-state index is 3.57. The van der Waals surface area contributed by atoms with Crippen LogP contribution in [0.4, 0.5) is 0 Å². The molecule has 0 saturated carbocycles. The van der Waals surface area contributed by atoms with E-state index in [9.17, 15) is 0 Å². The van der Waals surface area contributed by atoms with Gasteiger partial charge in [0, 0.05) is 11.0 Å². The third-order valence-electron chi connectivity index (χ3n) is 1.96. The number of hydrogen-bond acceptors (Lipinski definition) is 1. The molecule has 0 radical (unpaired) electrons. The zero-order chi connectivity index (χ0) is 10.6. The number of aryl methyl sites for hydroxylation is 1. The number of benzene rings is 1. The highest BCUT2D eigenvalue weighted by Gasteiger charge is 1.96. The van der Waals surface area contributed by atoms with E-state index in [0.717, 1.165) is 11.0 Å². The maximum Gasteiger partial charge on any atom is 0.0220 e. The van der Waals surface area contributed by atoms with Gasteiger partial charge in [-0.2, -0.15) is 0 Å². The summed E-state index contributed by atoms with van der Waals surface area (Å²) in [6.07, 6.45) is 2.17. The minimum absolute atomic E-state index is 0. The van der Waals surface area contributed by atoms with Crippen molar-refractivity contribution in [2.24, 2.45) is 0 Å². The Kier molecular flexibility index (Phi) is 7.14. The highest BCUT2D eigenvalue weighted by Crippen LogP contribution is 2.20. The molecule has 1 nitrogen and oxygen atoms in total. The molecule has 84 valence electrons. The highest BCUT2D eigenvalue weighted by atomic mass is 79.9. The molecule has 3 heteroatoms. The van der Waals surface area contributed by atoms with E-state index in [0.29, 0.717) is 0 Å². The highest BCUT2D eigenvalue weighted by molar-refractivity contribution is 9.15. The monoisotopic (exact) mass is 333 g/mol. The molecule has 0 bridgehead atoms. The first-order valence-corrected chi connectivity index (χ1v) is 5.46. The lowest BCUT2D eigenvalue weighted by Crippen LogP contribution is -2.10. The van der Waals surface area contributed by atoms with E-state index in [1.807, 2.05) is 0 Å². The van der Waals surface area contributed by atoms with Gasteiger partial charge in [0.05, 0.1) is 0 Å². The van der Waals surface area contributed by atoms with Crippen LogP contribution in [0, 0.1) is 6.92 Å². The normalized spacial score (nSPS) is 11.4. The molecule has 0 aromatic heterocycles. The molecule has 1 aromatic rings. The Labute approximate surface area is 111 Å². The Hall–Kier alpha value is -0.120. The summed E-state index contributed by atoms with van der Waals surface area (Å²) < 4.78 is 1.16. The van der Waals surface area contributed by atoms with Crippen molar-refractivity contribution in [3.63, 3.8) is 0 Å². The van der Waals surface area contributed by atoms with Crippen molar-refractivity contribution in [1.82, 2.24) is 4.90 Å². The molecule has 0 aliphatic rings. The third-order valence-corrected chi connectivity index (χ3v) is 2.74. The first-order chi connectivity index (χ1) is 6.59. The molecule has 1 rings (SSSR count). The van der Waals surface area contributed by atoms with Gasteiger partial charge in [-0.15, -0.1) is 17.0 Å². The van der Waals surface area contributed by atoms with Gasteiger partial charge in [0.2, 0.25) is 0 Å². The second-order valence-corrected chi connectivity index (χ2v) is 4.53. The Morgan fingerprint density at radius 3 is 2.27 bits per heavy atom. The summed E-state index contributed by atoms with van der Waals surface area (Å²) in [5.74, 6) is 0. The van der Waals surface area contributed by atoms with Gasteiger partial charge in [-0.05, 0) is 26.6 Å². The lowest BCUT2D eigenvalue weighted by Gasteiger charge is -2.06. The van der Waals surface area contributed by atoms with Crippen LogP contribution >= 0.6 is 32.9 Å². The van der Waals surface area contributed by atoms with Crippen molar-refractivity contribution in [1.29, 1.82) is 0 Å². The molecule has 0 amide bonds. The standard InChI is InChI=1S/C12H16BrN.BrH/c1-10-4-6-11(7-5-10)12(13)8-9-14(2)3;/h4-8H,9H2,1-3H3;1H/b12-8-;. The molecule has 0 aliphatic heterocycles. The third kappa shape index (κ3) is 5.50. The van der Waals surface area contributed by atoms with E-state index in [1.165, 1.54) is 11.1 Å². The fraction of sp³-hybridized carbons (Fsp3) is 0.333. The van der Waals surface area contributed by atoms with Crippen molar-refractivity contribution in [3.05, 3.63) is 41.5 Å². The van der Waals surface area contributed by atoms with Crippen molar-refractivity contribution < 1.29 is 0 Å². The molecule has 0 atom stereocenters. The van der Waals surface area contributed by atoms with Crippen LogP contribution in [-0.2, 0) is 0 Å². The first-order valence-electron chi connectivity index (χ1n) is 4.67. The quantitative estimate of drug-likeness (QED) is 0.811. The van der Waals surface area contributed by atoms with Gasteiger partial charge in [-0.25, -0.2) is 0 Å². The first kappa shape index (κ1) is 14.9. The van der Waals surface area contributed by atoms with Gasteiger partial charge < -0.3 is 4.90 Å². The van der Waals surface area contributed by atoms with E-state index in [4.69, 9.17) is 0 Å². The van der Waals surface area contributed by atoms with Crippen LogP contribution in [-0.4, -0.2) is 25.5 Å². The summed E-state index contributed by atoms with van der Waals surface area (Å²) >= 11 is 3.57. The zero-order valence-electron chi connectivity index (χ0n) is 9.33. The lowest BCUT2D eigenvalue weighted by molar-refractivity contribution is 0.457. The SMILES string of the molecule is Br.Cc1ccc(/C(Br)=C/CN(C)C)cc1. The summed E-state index contributed by atoms with van der Waals surface area (Å²) in [5, 5.41) is 0. The van der Waals surface area contributed by atoms with E-state index in [-0.39, 0.29) is 17.0 Å². The van der Waals surface area contributed by atoms with Crippen LogP contribution in [0.25, 0.3) is 4.48 Å². The van der Waals surface area contributed by atoms with Gasteiger partial charge in [-0.3, -0.25) is 0 Å². The summed E-state index contributed by atoms with van der Waals surface area (Å²) in [5.41, 5.74) is 2.53. The number of halogens is 2. The van der Waals surface area contributed by atoms with Crippen LogP contribution in [0.1, 0.15) is 11.1 Å². The van der Waals surface area contributed by atoms with Crippen molar-refractivity contribution in [3.8, 4) is 0 Å². The summed E-state index contributed by atoms with van der Waals surface area (Å²) in [6, 6.07) is 8.51. The van der Waals surface area contributed by atoms with Crippen LogP contribution in [0.2, 0.25) is 0 Å². The molecule has 0 fully saturated rings. The predicted molar refractivity (Wildman–Crippen MR) is 77.0 cm³/mol. The fourth-order valence-corrected chi connectivity index (χ4v) is 1.50. The average molecular weight is 335 g/mol. The Balaban J connectivity index is 0.00000196. The van der Waals surface area contributed by atoms with Crippen molar-refractivity contribution in [2.75, 3.05) is 20.6 Å². The molecular formula is C12H17Br2N. The lowest BCUT2D eigenvalue weighted by atomic mass is 10.1. The van der Waals surface area contributed by atoms with Crippen molar-refractivity contribution >= 4 is 37.4 Å². The number of rotatable bonds is 3. The Bertz CT molecular complexity index is 315. The molecule has 0 heterocycles. The van der Waals surface area contributed by atoms with Crippen LogP contribution in [0.3, 0.4) is 0 Å². The fourth-order valence-electron chi connectivity index (χ4n) is 1.09. The summed E-state index contributed by atoms with van der Waals surface area (Å²) in [4.78, 5) is 2.13. The molecule has 0 saturated heterocycles. The average Bonchev–Trinajstić information content (AvgIpc) is 2.15. The summed E-state index contributed by atoms with van der Waals surface area (Å²) in [6.45, 7) is 3.05. The minimum Gasteiger partial charge on any atom is -0.306 e. The molecule has 0 unspecified atom stereocenters. The van der Waals surface area contributed by atoms with Gasteiger partial charge in [0.15, 0.2) is 0 Å². The topological polar surface area (TPSA) is 3.24 Å². The molecule has 0 N–H and O–H groups in total.